The molecule has 0 saturated heterocycles. The van der Waals surface area contributed by atoms with Crippen molar-refractivity contribution in [3.05, 3.63) is 68.7 Å². The average Bonchev–Trinajstić information content (AvgIpc) is 2.57. The molecule has 2 aromatic rings. The highest BCUT2D eigenvalue weighted by Gasteiger charge is 2.21. The number of rotatable bonds is 6. The molecule has 0 radical (unpaired) electrons. The van der Waals surface area contributed by atoms with E-state index >= 15 is 0 Å². The van der Waals surface area contributed by atoms with Crippen LogP contribution in [0.15, 0.2) is 36.4 Å². The molecule has 0 aliphatic heterocycles. The second-order valence-corrected chi connectivity index (χ2v) is 7.47. The maximum absolute atomic E-state index is 12.3. The summed E-state index contributed by atoms with van der Waals surface area (Å²) in [4.78, 5) is 24.5. The maximum atomic E-state index is 12.3. The van der Waals surface area contributed by atoms with Crippen molar-refractivity contribution in [2.75, 3.05) is 0 Å². The fraction of sp³-hybridized carbons (Fsp3) is 0.333. The summed E-state index contributed by atoms with van der Waals surface area (Å²) in [5.74, 6) is -0.833. The Morgan fingerprint density at radius 2 is 1.74 bits per heavy atom. The minimum atomic E-state index is -0.905. The molecule has 0 aliphatic carbocycles. The average molecular weight is 408 g/mol. The van der Waals surface area contributed by atoms with Crippen LogP contribution in [0.25, 0.3) is 0 Å². The first-order valence-electron chi connectivity index (χ1n) is 8.68. The smallest absolute Gasteiger partial charge is 0.311 e. The van der Waals surface area contributed by atoms with Gasteiger partial charge in [0.2, 0.25) is 0 Å². The van der Waals surface area contributed by atoms with E-state index in [-0.39, 0.29) is 18.4 Å². The summed E-state index contributed by atoms with van der Waals surface area (Å²) in [6.45, 7) is 7.35. The first-order chi connectivity index (χ1) is 12.7. The number of aryl methyl sites for hydroxylation is 2. The van der Waals surface area contributed by atoms with Crippen molar-refractivity contribution in [1.29, 1.82) is 0 Å². The molecule has 0 saturated carbocycles. The number of hydrogen-bond donors (Lipinski definition) is 1. The Balaban J connectivity index is 1.92. The molecule has 144 valence electrons. The molecule has 0 heterocycles. The van der Waals surface area contributed by atoms with Gasteiger partial charge in [-0.3, -0.25) is 9.59 Å². The lowest BCUT2D eigenvalue weighted by atomic mass is 10.0. The van der Waals surface area contributed by atoms with Crippen molar-refractivity contribution in [3.63, 3.8) is 0 Å². The van der Waals surface area contributed by atoms with Gasteiger partial charge in [-0.2, -0.15) is 0 Å². The van der Waals surface area contributed by atoms with Gasteiger partial charge in [0, 0.05) is 10.0 Å². The van der Waals surface area contributed by atoms with Gasteiger partial charge in [-0.05, 0) is 62.1 Å². The van der Waals surface area contributed by atoms with Gasteiger partial charge in [-0.15, -0.1) is 0 Å². The van der Waals surface area contributed by atoms with Gasteiger partial charge in [0.15, 0.2) is 6.10 Å². The van der Waals surface area contributed by atoms with Crippen LogP contribution in [0.1, 0.15) is 42.1 Å². The zero-order valence-electron chi connectivity index (χ0n) is 15.8. The van der Waals surface area contributed by atoms with Crippen LogP contribution in [0.2, 0.25) is 10.0 Å². The SMILES string of the molecule is Cc1ccc(CC(=O)O[C@@H](C)C(=O)N[C@H](C)c2ccc(Cl)cc2Cl)cc1C. The van der Waals surface area contributed by atoms with Crippen LogP contribution < -0.4 is 5.32 Å². The molecule has 0 unspecified atom stereocenters. The van der Waals surface area contributed by atoms with E-state index < -0.39 is 12.1 Å². The normalized spacial score (nSPS) is 13.0. The number of esters is 1. The summed E-state index contributed by atoms with van der Waals surface area (Å²) in [5.41, 5.74) is 3.87. The summed E-state index contributed by atoms with van der Waals surface area (Å²) in [7, 11) is 0. The first kappa shape index (κ1) is 21.3. The maximum Gasteiger partial charge on any atom is 0.311 e. The van der Waals surface area contributed by atoms with Crippen LogP contribution in [0.3, 0.4) is 0 Å². The molecule has 27 heavy (non-hydrogen) atoms. The minimum absolute atomic E-state index is 0.122. The van der Waals surface area contributed by atoms with E-state index in [0.717, 1.165) is 22.3 Å². The first-order valence-corrected chi connectivity index (χ1v) is 9.44. The predicted octanol–water partition coefficient (Wildman–Crippen LogP) is 4.96. The fourth-order valence-corrected chi connectivity index (χ4v) is 3.21. The summed E-state index contributed by atoms with van der Waals surface area (Å²) >= 11 is 12.1. The fourth-order valence-electron chi connectivity index (χ4n) is 2.63. The lowest BCUT2D eigenvalue weighted by molar-refractivity contribution is -0.154. The summed E-state index contributed by atoms with van der Waals surface area (Å²) in [6, 6.07) is 10.5. The lowest BCUT2D eigenvalue weighted by Gasteiger charge is -2.19. The molecule has 2 atom stereocenters. The van der Waals surface area contributed by atoms with E-state index in [1.54, 1.807) is 32.0 Å². The van der Waals surface area contributed by atoms with Crippen LogP contribution >= 0.6 is 23.2 Å². The summed E-state index contributed by atoms with van der Waals surface area (Å²) in [6.07, 6.45) is -0.783. The third-order valence-corrected chi connectivity index (χ3v) is 4.95. The molecular formula is C21H23Cl2NO3. The Kier molecular flexibility index (Phi) is 7.28. The van der Waals surface area contributed by atoms with Gasteiger partial charge < -0.3 is 10.1 Å². The number of amides is 1. The zero-order chi connectivity index (χ0) is 20.1. The lowest BCUT2D eigenvalue weighted by Crippen LogP contribution is -2.37. The predicted molar refractivity (Wildman–Crippen MR) is 108 cm³/mol. The third kappa shape index (κ3) is 5.98. The molecular weight excluding hydrogens is 385 g/mol. The van der Waals surface area contributed by atoms with Gasteiger partial charge >= 0.3 is 5.97 Å². The van der Waals surface area contributed by atoms with Gasteiger partial charge in [0.25, 0.3) is 5.91 Å². The molecule has 0 spiro atoms. The van der Waals surface area contributed by atoms with Gasteiger partial charge in [0.1, 0.15) is 0 Å². The molecule has 1 amide bonds. The second-order valence-electron chi connectivity index (χ2n) is 6.62. The Bertz CT molecular complexity index is 851. The largest absolute Gasteiger partial charge is 0.452 e. The number of carbonyl (C=O) groups is 2. The van der Waals surface area contributed by atoms with E-state index in [0.29, 0.717) is 10.0 Å². The topological polar surface area (TPSA) is 55.4 Å². The second kappa shape index (κ2) is 9.25. The third-order valence-electron chi connectivity index (χ3n) is 4.38. The highest BCUT2D eigenvalue weighted by Crippen LogP contribution is 2.26. The number of hydrogen-bond acceptors (Lipinski definition) is 3. The number of benzene rings is 2. The Morgan fingerprint density at radius 1 is 1.04 bits per heavy atom. The highest BCUT2D eigenvalue weighted by molar-refractivity contribution is 6.35. The van der Waals surface area contributed by atoms with E-state index in [4.69, 9.17) is 27.9 Å². The molecule has 0 aliphatic rings. The Hall–Kier alpha value is -2.04. The number of ether oxygens (including phenoxy) is 1. The van der Waals surface area contributed by atoms with E-state index in [1.807, 2.05) is 32.0 Å². The van der Waals surface area contributed by atoms with Crippen LogP contribution in [-0.4, -0.2) is 18.0 Å². The van der Waals surface area contributed by atoms with Crippen LogP contribution in [0.5, 0.6) is 0 Å². The van der Waals surface area contributed by atoms with Crippen molar-refractivity contribution in [3.8, 4) is 0 Å². The molecule has 0 bridgehead atoms. The van der Waals surface area contributed by atoms with Crippen molar-refractivity contribution < 1.29 is 14.3 Å². The zero-order valence-corrected chi connectivity index (χ0v) is 17.3. The van der Waals surface area contributed by atoms with Crippen molar-refractivity contribution in [1.82, 2.24) is 5.32 Å². The highest BCUT2D eigenvalue weighted by atomic mass is 35.5. The van der Waals surface area contributed by atoms with Crippen molar-refractivity contribution >= 4 is 35.1 Å². The molecule has 0 aromatic heterocycles. The van der Waals surface area contributed by atoms with E-state index in [1.165, 1.54) is 0 Å². The number of nitrogens with one attached hydrogen (secondary N) is 1. The Labute approximate surface area is 169 Å². The molecule has 2 aromatic carbocycles. The van der Waals surface area contributed by atoms with Gasteiger partial charge in [-0.1, -0.05) is 47.5 Å². The molecule has 1 N–H and O–H groups in total. The monoisotopic (exact) mass is 407 g/mol. The quantitative estimate of drug-likeness (QED) is 0.688. The van der Waals surface area contributed by atoms with Crippen LogP contribution in [0.4, 0.5) is 0 Å². The molecule has 6 heteroatoms. The molecule has 4 nitrogen and oxygen atoms in total. The summed E-state index contributed by atoms with van der Waals surface area (Å²) in [5, 5.41) is 3.79. The van der Waals surface area contributed by atoms with E-state index in [2.05, 4.69) is 5.32 Å². The standard InChI is InChI=1S/C21H23Cl2NO3/c1-12-5-6-16(9-13(12)2)10-20(25)27-15(4)21(26)24-14(3)18-8-7-17(22)11-19(18)23/h5-9,11,14-15H,10H2,1-4H3,(H,24,26)/t14-,15+/m1/s1. The number of halogens is 2. The minimum Gasteiger partial charge on any atom is -0.452 e. The van der Waals surface area contributed by atoms with Crippen LogP contribution in [-0.2, 0) is 20.7 Å². The van der Waals surface area contributed by atoms with Gasteiger partial charge in [0.05, 0.1) is 12.5 Å². The molecule has 2 rings (SSSR count). The van der Waals surface area contributed by atoms with Gasteiger partial charge in [-0.25, -0.2) is 0 Å². The molecule has 0 fully saturated rings. The number of carbonyl (C=O) groups excluding carboxylic acids is 2. The van der Waals surface area contributed by atoms with Crippen molar-refractivity contribution in [2.45, 2.75) is 46.3 Å². The summed E-state index contributed by atoms with van der Waals surface area (Å²) < 4.78 is 5.27. The van der Waals surface area contributed by atoms with Crippen LogP contribution in [0, 0.1) is 13.8 Å². The van der Waals surface area contributed by atoms with Crippen molar-refractivity contribution in [2.24, 2.45) is 0 Å². The van der Waals surface area contributed by atoms with E-state index in [9.17, 15) is 9.59 Å². The Morgan fingerprint density at radius 3 is 2.37 bits per heavy atom.